The Morgan fingerprint density at radius 3 is 2.14 bits per heavy atom. The maximum absolute atomic E-state index is 12.2. The fourth-order valence-electron chi connectivity index (χ4n) is 3.68. The molecule has 2 aromatic rings. The number of carbonyl (C=O) groups is 1. The number of benzene rings is 2. The van der Waals surface area contributed by atoms with Crippen LogP contribution in [0.15, 0.2) is 48.5 Å². The van der Waals surface area contributed by atoms with Crippen molar-refractivity contribution in [2.45, 2.75) is 39.5 Å². The van der Waals surface area contributed by atoms with E-state index in [0.717, 1.165) is 49.2 Å². The summed E-state index contributed by atoms with van der Waals surface area (Å²) >= 11 is 0. The Bertz CT molecular complexity index is 763. The third-order valence-electron chi connectivity index (χ3n) is 5.53. The van der Waals surface area contributed by atoms with Crippen LogP contribution in [0.3, 0.4) is 0 Å². The summed E-state index contributed by atoms with van der Waals surface area (Å²) in [5.74, 6) is 1.68. The highest BCUT2D eigenvalue weighted by molar-refractivity contribution is 5.90. The van der Waals surface area contributed by atoms with Gasteiger partial charge in [-0.3, -0.25) is 0 Å². The summed E-state index contributed by atoms with van der Waals surface area (Å²) in [4.78, 5) is 12.2. The van der Waals surface area contributed by atoms with Crippen LogP contribution < -0.4 is 4.74 Å². The smallest absolute Gasteiger partial charge is 0.338 e. The summed E-state index contributed by atoms with van der Waals surface area (Å²) in [5.41, 5.74) is 2.74. The first-order chi connectivity index (χ1) is 13.6. The Morgan fingerprint density at radius 2 is 1.46 bits per heavy atom. The van der Waals surface area contributed by atoms with E-state index in [1.54, 1.807) is 0 Å². The lowest BCUT2D eigenvalue weighted by Gasteiger charge is -2.28. The average Bonchev–Trinajstić information content (AvgIpc) is 2.72. The standard InChI is InChI=1S/C24H30O4/c1-18-7-3-5-9-22(18)24(25)27-16-21-13-11-20(12-14-21)15-26-17-28-23-10-6-4-8-19(23)2/h3-10,20-21H,11-17H2,1-2H3. The van der Waals surface area contributed by atoms with Gasteiger partial charge >= 0.3 is 5.97 Å². The summed E-state index contributed by atoms with van der Waals surface area (Å²) in [6.45, 7) is 5.49. The van der Waals surface area contributed by atoms with Gasteiger partial charge in [0, 0.05) is 0 Å². The van der Waals surface area contributed by atoms with Crippen molar-refractivity contribution in [1.29, 1.82) is 0 Å². The molecule has 0 bridgehead atoms. The Balaban J connectivity index is 1.31. The molecular formula is C24H30O4. The lowest BCUT2D eigenvalue weighted by atomic mass is 9.83. The number of hydrogen-bond donors (Lipinski definition) is 0. The first-order valence-corrected chi connectivity index (χ1v) is 10.1. The van der Waals surface area contributed by atoms with Crippen LogP contribution in [-0.4, -0.2) is 26.0 Å². The predicted molar refractivity (Wildman–Crippen MR) is 110 cm³/mol. The average molecular weight is 383 g/mol. The zero-order valence-electron chi connectivity index (χ0n) is 16.9. The highest BCUT2D eigenvalue weighted by Gasteiger charge is 2.23. The van der Waals surface area contributed by atoms with Gasteiger partial charge in [-0.15, -0.1) is 0 Å². The third kappa shape index (κ3) is 5.83. The van der Waals surface area contributed by atoms with Crippen LogP contribution in [0.2, 0.25) is 0 Å². The molecule has 1 saturated carbocycles. The molecule has 0 aliphatic heterocycles. The van der Waals surface area contributed by atoms with Crippen molar-refractivity contribution >= 4 is 5.97 Å². The fourth-order valence-corrected chi connectivity index (χ4v) is 3.68. The molecule has 4 nitrogen and oxygen atoms in total. The maximum atomic E-state index is 12.2. The zero-order chi connectivity index (χ0) is 19.8. The highest BCUT2D eigenvalue weighted by atomic mass is 16.7. The Hall–Kier alpha value is -2.33. The van der Waals surface area contributed by atoms with E-state index in [0.29, 0.717) is 30.8 Å². The zero-order valence-corrected chi connectivity index (χ0v) is 16.9. The summed E-state index contributed by atoms with van der Waals surface area (Å²) in [6, 6.07) is 15.5. The fraction of sp³-hybridized carbons (Fsp3) is 0.458. The van der Waals surface area contributed by atoms with Gasteiger partial charge in [-0.1, -0.05) is 36.4 Å². The lowest BCUT2D eigenvalue weighted by molar-refractivity contribution is -0.0135. The predicted octanol–water partition coefficient (Wildman–Crippen LogP) is 5.32. The maximum Gasteiger partial charge on any atom is 0.338 e. The van der Waals surface area contributed by atoms with E-state index in [9.17, 15) is 4.79 Å². The van der Waals surface area contributed by atoms with Crippen molar-refractivity contribution in [2.75, 3.05) is 20.0 Å². The molecule has 0 aromatic heterocycles. The van der Waals surface area contributed by atoms with Gasteiger partial charge < -0.3 is 14.2 Å². The number of para-hydroxylation sites is 1. The minimum Gasteiger partial charge on any atom is -0.467 e. The van der Waals surface area contributed by atoms with Gasteiger partial charge in [0.2, 0.25) is 0 Å². The molecule has 28 heavy (non-hydrogen) atoms. The van der Waals surface area contributed by atoms with E-state index < -0.39 is 0 Å². The second kappa shape index (κ2) is 10.3. The van der Waals surface area contributed by atoms with Crippen molar-refractivity contribution in [2.24, 2.45) is 11.8 Å². The van der Waals surface area contributed by atoms with E-state index in [1.807, 2.05) is 62.4 Å². The van der Waals surface area contributed by atoms with E-state index >= 15 is 0 Å². The minimum absolute atomic E-state index is 0.211. The van der Waals surface area contributed by atoms with Crippen LogP contribution in [0.5, 0.6) is 5.75 Å². The number of carbonyl (C=O) groups excluding carboxylic acids is 1. The van der Waals surface area contributed by atoms with Crippen molar-refractivity contribution in [3.63, 3.8) is 0 Å². The molecule has 0 amide bonds. The number of hydrogen-bond acceptors (Lipinski definition) is 4. The second-order valence-electron chi connectivity index (χ2n) is 7.70. The molecule has 0 unspecified atom stereocenters. The topological polar surface area (TPSA) is 44.8 Å². The molecule has 2 aromatic carbocycles. The number of rotatable bonds is 8. The highest BCUT2D eigenvalue weighted by Crippen LogP contribution is 2.29. The molecule has 150 valence electrons. The number of esters is 1. The van der Waals surface area contributed by atoms with Gasteiger partial charge in [0.15, 0.2) is 6.79 Å². The molecular weight excluding hydrogens is 352 g/mol. The van der Waals surface area contributed by atoms with Gasteiger partial charge in [-0.25, -0.2) is 4.79 Å². The molecule has 0 atom stereocenters. The van der Waals surface area contributed by atoms with E-state index in [4.69, 9.17) is 14.2 Å². The van der Waals surface area contributed by atoms with E-state index in [1.165, 1.54) is 0 Å². The van der Waals surface area contributed by atoms with Crippen molar-refractivity contribution < 1.29 is 19.0 Å². The summed E-state index contributed by atoms with van der Waals surface area (Å²) in [5, 5.41) is 0. The summed E-state index contributed by atoms with van der Waals surface area (Å²) < 4.78 is 17.0. The normalized spacial score (nSPS) is 19.2. The van der Waals surface area contributed by atoms with Crippen LogP contribution >= 0.6 is 0 Å². The van der Waals surface area contributed by atoms with Crippen LogP contribution in [0.25, 0.3) is 0 Å². The second-order valence-corrected chi connectivity index (χ2v) is 7.70. The third-order valence-corrected chi connectivity index (χ3v) is 5.53. The first kappa shape index (κ1) is 20.4. The lowest BCUT2D eigenvalue weighted by Crippen LogP contribution is -2.23. The SMILES string of the molecule is Cc1ccccc1OCOCC1CCC(COC(=O)c2ccccc2C)CC1. The molecule has 1 aliphatic rings. The Labute approximate surface area is 167 Å². The number of ether oxygens (including phenoxy) is 3. The van der Waals surface area contributed by atoms with Gasteiger partial charge in [-0.05, 0) is 74.6 Å². The number of aryl methyl sites for hydroxylation is 2. The summed E-state index contributed by atoms with van der Waals surface area (Å²) in [6.07, 6.45) is 4.37. The molecule has 1 aliphatic carbocycles. The molecule has 1 fully saturated rings. The van der Waals surface area contributed by atoms with Crippen LogP contribution in [0, 0.1) is 25.7 Å². The van der Waals surface area contributed by atoms with Crippen molar-refractivity contribution in [3.05, 3.63) is 65.2 Å². The summed E-state index contributed by atoms with van der Waals surface area (Å²) in [7, 11) is 0. The monoisotopic (exact) mass is 382 g/mol. The molecule has 4 heteroatoms. The van der Waals surface area contributed by atoms with Gasteiger partial charge in [0.05, 0.1) is 18.8 Å². The molecule has 3 rings (SSSR count). The van der Waals surface area contributed by atoms with Gasteiger partial charge in [0.1, 0.15) is 5.75 Å². The quantitative estimate of drug-likeness (QED) is 0.352. The van der Waals surface area contributed by atoms with Crippen LogP contribution in [0.1, 0.15) is 47.2 Å². The van der Waals surface area contributed by atoms with E-state index in [-0.39, 0.29) is 5.97 Å². The first-order valence-electron chi connectivity index (χ1n) is 10.1. The molecule has 0 heterocycles. The Kier molecular flexibility index (Phi) is 7.49. The Morgan fingerprint density at radius 1 is 0.857 bits per heavy atom. The van der Waals surface area contributed by atoms with Gasteiger partial charge in [0.25, 0.3) is 0 Å². The molecule has 0 N–H and O–H groups in total. The molecule has 0 radical (unpaired) electrons. The minimum atomic E-state index is -0.211. The largest absolute Gasteiger partial charge is 0.467 e. The van der Waals surface area contributed by atoms with E-state index in [2.05, 4.69) is 0 Å². The van der Waals surface area contributed by atoms with Crippen molar-refractivity contribution in [1.82, 2.24) is 0 Å². The molecule has 0 spiro atoms. The van der Waals surface area contributed by atoms with Crippen molar-refractivity contribution in [3.8, 4) is 5.75 Å². The van der Waals surface area contributed by atoms with Crippen LogP contribution in [0.4, 0.5) is 0 Å². The van der Waals surface area contributed by atoms with Gasteiger partial charge in [-0.2, -0.15) is 0 Å². The molecule has 0 saturated heterocycles. The van der Waals surface area contributed by atoms with Crippen LogP contribution in [-0.2, 0) is 9.47 Å².